The molecule has 38 heavy (non-hydrogen) atoms. The van der Waals surface area contributed by atoms with Crippen LogP contribution < -0.4 is 0 Å². The molecule has 5 aromatic rings. The van der Waals surface area contributed by atoms with Gasteiger partial charge in [-0.25, -0.2) is 0 Å². The summed E-state index contributed by atoms with van der Waals surface area (Å²) in [6, 6.07) is 27.8. The van der Waals surface area contributed by atoms with E-state index in [4.69, 9.17) is 9.97 Å². The van der Waals surface area contributed by atoms with Gasteiger partial charge in [0.1, 0.15) is 5.75 Å². The number of hydrogen-bond acceptors (Lipinski definition) is 3. The molecule has 1 atom stereocenters. The first-order valence-corrected chi connectivity index (χ1v) is 13.5. The monoisotopic (exact) mass is 502 g/mol. The van der Waals surface area contributed by atoms with Crippen molar-refractivity contribution in [2.24, 2.45) is 0 Å². The van der Waals surface area contributed by atoms with Gasteiger partial charge in [-0.05, 0) is 52.1 Å². The lowest BCUT2D eigenvalue weighted by atomic mass is 9.75. The minimum atomic E-state index is -0.190. The Balaban J connectivity index is 1.69. The van der Waals surface area contributed by atoms with Crippen molar-refractivity contribution in [1.29, 1.82) is 0 Å². The smallest absolute Gasteiger partial charge is 0.123 e. The van der Waals surface area contributed by atoms with Crippen LogP contribution in [0.5, 0.6) is 5.75 Å². The zero-order valence-electron chi connectivity index (χ0n) is 23.6. The Hall–Kier alpha value is -3.72. The van der Waals surface area contributed by atoms with E-state index >= 15 is 0 Å². The van der Waals surface area contributed by atoms with Crippen LogP contribution in [0.2, 0.25) is 0 Å². The van der Waals surface area contributed by atoms with E-state index in [1.807, 2.05) is 13.0 Å². The van der Waals surface area contributed by atoms with Crippen molar-refractivity contribution >= 4 is 21.8 Å². The Bertz CT molecular complexity index is 1590. The number of nitrogens with zero attached hydrogens (tertiary/aromatic N) is 2. The van der Waals surface area contributed by atoms with Gasteiger partial charge in [0, 0.05) is 34.5 Å². The van der Waals surface area contributed by atoms with Crippen molar-refractivity contribution in [2.75, 3.05) is 0 Å². The highest BCUT2D eigenvalue weighted by Gasteiger charge is 2.29. The molecule has 0 saturated carbocycles. The average Bonchev–Trinajstić information content (AvgIpc) is 2.86. The van der Waals surface area contributed by atoms with Crippen LogP contribution in [0, 0.1) is 6.92 Å². The number of phenolic OH excluding ortho intramolecular Hbond substituents is 1. The van der Waals surface area contributed by atoms with Crippen LogP contribution in [-0.4, -0.2) is 15.1 Å². The van der Waals surface area contributed by atoms with Gasteiger partial charge < -0.3 is 5.11 Å². The largest absolute Gasteiger partial charge is 0.507 e. The number of benzene rings is 3. The van der Waals surface area contributed by atoms with E-state index < -0.39 is 0 Å². The van der Waals surface area contributed by atoms with Crippen LogP contribution in [0.3, 0.4) is 0 Å². The molecule has 0 radical (unpaired) electrons. The molecule has 3 aromatic carbocycles. The number of fused-ring (bicyclic) bond motifs is 3. The molecule has 3 nitrogen and oxygen atoms in total. The first-order valence-electron chi connectivity index (χ1n) is 13.5. The predicted molar refractivity (Wildman–Crippen MR) is 159 cm³/mol. The molecule has 3 heteroatoms. The second kappa shape index (κ2) is 9.54. The summed E-state index contributed by atoms with van der Waals surface area (Å²) in [6.45, 7) is 15.0. The maximum absolute atomic E-state index is 11.3. The standard InChI is InChI=1S/C35H38N2O/c1-22-13-14-24-15-16-25-17-18-27(37-32(25)31(24)36-22)21-28(23-11-9-8-10-12-23)26-19-29(34(2,3)4)33(38)30(20-26)35(5,6)7/h8-20,28,38H,21H2,1-7H3. The van der Waals surface area contributed by atoms with E-state index in [-0.39, 0.29) is 16.7 Å². The zero-order valence-corrected chi connectivity index (χ0v) is 23.6. The first-order chi connectivity index (χ1) is 17.9. The summed E-state index contributed by atoms with van der Waals surface area (Å²) in [6.07, 6.45) is 0.750. The molecule has 0 aliphatic carbocycles. The molecule has 194 valence electrons. The molecule has 0 aliphatic heterocycles. The highest BCUT2D eigenvalue weighted by molar-refractivity contribution is 6.02. The molecule has 2 aromatic heterocycles. The number of hydrogen-bond donors (Lipinski definition) is 1. The van der Waals surface area contributed by atoms with Crippen molar-refractivity contribution in [3.63, 3.8) is 0 Å². The van der Waals surface area contributed by atoms with E-state index in [1.165, 1.54) is 11.1 Å². The lowest BCUT2D eigenvalue weighted by molar-refractivity contribution is 0.422. The Kier molecular flexibility index (Phi) is 6.51. The van der Waals surface area contributed by atoms with Crippen LogP contribution in [0.1, 0.15) is 81.1 Å². The van der Waals surface area contributed by atoms with Gasteiger partial charge in [-0.3, -0.25) is 9.97 Å². The second-order valence-electron chi connectivity index (χ2n) is 12.6. The SMILES string of the molecule is Cc1ccc2ccc3ccc(CC(c4ccccc4)c4cc(C(C)(C)C)c(O)c(C(C)(C)C)c4)nc3c2n1. The van der Waals surface area contributed by atoms with E-state index in [1.54, 1.807) is 0 Å². The van der Waals surface area contributed by atoms with Crippen LogP contribution in [0.15, 0.2) is 78.9 Å². The molecule has 0 saturated heterocycles. The Morgan fingerprint density at radius 1 is 0.658 bits per heavy atom. The summed E-state index contributed by atoms with van der Waals surface area (Å²) in [5.41, 5.74) is 7.97. The van der Waals surface area contributed by atoms with Gasteiger partial charge in [-0.2, -0.15) is 0 Å². The average molecular weight is 503 g/mol. The number of pyridine rings is 2. The normalized spacial score (nSPS) is 13.2. The Morgan fingerprint density at radius 3 is 1.76 bits per heavy atom. The first kappa shape index (κ1) is 25.9. The van der Waals surface area contributed by atoms with E-state index in [2.05, 4.69) is 114 Å². The number of aromatic nitrogens is 2. The third-order valence-electron chi connectivity index (χ3n) is 7.48. The van der Waals surface area contributed by atoms with Crippen LogP contribution in [0.4, 0.5) is 0 Å². The molecular formula is C35H38N2O. The number of phenols is 1. The molecular weight excluding hydrogens is 464 g/mol. The third-order valence-corrected chi connectivity index (χ3v) is 7.48. The Labute approximate surface area is 226 Å². The predicted octanol–water partition coefficient (Wildman–Crippen LogP) is 8.77. The molecule has 0 bridgehead atoms. The molecule has 5 rings (SSSR count). The van der Waals surface area contributed by atoms with E-state index in [0.29, 0.717) is 5.75 Å². The van der Waals surface area contributed by atoms with Crippen LogP contribution in [0.25, 0.3) is 21.8 Å². The minimum Gasteiger partial charge on any atom is -0.507 e. The van der Waals surface area contributed by atoms with Crippen molar-refractivity contribution in [1.82, 2.24) is 9.97 Å². The molecule has 1 unspecified atom stereocenters. The highest BCUT2D eigenvalue weighted by Crippen LogP contribution is 2.42. The molecule has 0 fully saturated rings. The summed E-state index contributed by atoms with van der Waals surface area (Å²) in [5.74, 6) is 0.505. The third kappa shape index (κ3) is 5.03. The lowest BCUT2D eigenvalue weighted by Crippen LogP contribution is -2.19. The lowest BCUT2D eigenvalue weighted by Gasteiger charge is -2.30. The van der Waals surface area contributed by atoms with Crippen molar-refractivity contribution in [3.05, 3.63) is 113 Å². The van der Waals surface area contributed by atoms with Crippen molar-refractivity contribution in [2.45, 2.75) is 71.6 Å². The summed E-state index contributed by atoms with van der Waals surface area (Å²) in [7, 11) is 0. The number of rotatable bonds is 4. The van der Waals surface area contributed by atoms with Gasteiger partial charge in [-0.1, -0.05) is 108 Å². The van der Waals surface area contributed by atoms with E-state index in [0.717, 1.165) is 50.7 Å². The van der Waals surface area contributed by atoms with Crippen molar-refractivity contribution < 1.29 is 5.11 Å². The molecule has 2 heterocycles. The molecule has 0 amide bonds. The fourth-order valence-electron chi connectivity index (χ4n) is 5.34. The number of aryl methyl sites for hydroxylation is 1. The van der Waals surface area contributed by atoms with Gasteiger partial charge in [0.2, 0.25) is 0 Å². The van der Waals surface area contributed by atoms with Gasteiger partial charge in [0.05, 0.1) is 11.0 Å². The van der Waals surface area contributed by atoms with Crippen molar-refractivity contribution in [3.8, 4) is 5.75 Å². The van der Waals surface area contributed by atoms with Gasteiger partial charge in [-0.15, -0.1) is 0 Å². The highest BCUT2D eigenvalue weighted by atomic mass is 16.3. The minimum absolute atomic E-state index is 0.0913. The maximum Gasteiger partial charge on any atom is 0.123 e. The fraction of sp³-hybridized carbons (Fsp3) is 0.314. The second-order valence-corrected chi connectivity index (χ2v) is 12.6. The van der Waals surface area contributed by atoms with Crippen LogP contribution in [-0.2, 0) is 17.3 Å². The molecule has 0 aliphatic rings. The summed E-state index contributed by atoms with van der Waals surface area (Å²) in [5, 5.41) is 13.6. The van der Waals surface area contributed by atoms with Crippen LogP contribution >= 0.6 is 0 Å². The molecule has 0 spiro atoms. The fourth-order valence-corrected chi connectivity index (χ4v) is 5.34. The molecule has 1 N–H and O–H groups in total. The summed E-state index contributed by atoms with van der Waals surface area (Å²) in [4.78, 5) is 10.0. The maximum atomic E-state index is 11.3. The number of aromatic hydroxyl groups is 1. The zero-order chi connectivity index (χ0) is 27.2. The summed E-state index contributed by atoms with van der Waals surface area (Å²) >= 11 is 0. The summed E-state index contributed by atoms with van der Waals surface area (Å²) < 4.78 is 0. The Morgan fingerprint density at radius 2 is 1.18 bits per heavy atom. The van der Waals surface area contributed by atoms with Gasteiger partial charge in [0.15, 0.2) is 0 Å². The van der Waals surface area contributed by atoms with Gasteiger partial charge in [0.25, 0.3) is 0 Å². The topological polar surface area (TPSA) is 46.0 Å². The van der Waals surface area contributed by atoms with E-state index in [9.17, 15) is 5.11 Å². The van der Waals surface area contributed by atoms with Gasteiger partial charge >= 0.3 is 0 Å². The quantitative estimate of drug-likeness (QED) is 0.250.